The molecule has 0 saturated heterocycles. The lowest BCUT2D eigenvalue weighted by Gasteiger charge is -2.29. The lowest BCUT2D eigenvalue weighted by molar-refractivity contribution is -0.138. The molecule has 1 unspecified atom stereocenters. The predicted molar refractivity (Wildman–Crippen MR) is 78.4 cm³/mol. The van der Waals surface area contributed by atoms with E-state index in [1.54, 1.807) is 12.1 Å². The normalized spacial score (nSPS) is 16.4. The Morgan fingerprint density at radius 2 is 2.25 bits per heavy atom. The number of nitrogens with two attached hydrogens (primary N) is 1. The molecule has 110 valence electrons. The first-order chi connectivity index (χ1) is 9.56. The van der Waals surface area contributed by atoms with E-state index in [0.29, 0.717) is 17.1 Å². The summed E-state index contributed by atoms with van der Waals surface area (Å²) in [5.41, 5.74) is 6.15. The van der Waals surface area contributed by atoms with Gasteiger partial charge in [0.1, 0.15) is 0 Å². The van der Waals surface area contributed by atoms with Gasteiger partial charge in [-0.05, 0) is 31.4 Å². The van der Waals surface area contributed by atoms with Crippen molar-refractivity contribution in [2.24, 2.45) is 5.73 Å². The van der Waals surface area contributed by atoms with Crippen LogP contribution >= 0.6 is 15.9 Å². The number of methoxy groups -OCH3 is 1. The monoisotopic (exact) mass is 343 g/mol. The van der Waals surface area contributed by atoms with E-state index in [1.807, 2.05) is 0 Å². The molecule has 2 rings (SSSR count). The van der Waals surface area contributed by atoms with Gasteiger partial charge in [0.25, 0.3) is 0 Å². The van der Waals surface area contributed by atoms with Crippen LogP contribution in [0.5, 0.6) is 11.5 Å². The fourth-order valence-corrected chi connectivity index (χ4v) is 2.60. The maximum atomic E-state index is 11.4. The van der Waals surface area contributed by atoms with Gasteiger partial charge in [0.15, 0.2) is 11.5 Å². The van der Waals surface area contributed by atoms with Gasteiger partial charge in [-0.15, -0.1) is 0 Å². The van der Waals surface area contributed by atoms with E-state index in [4.69, 9.17) is 15.2 Å². The fraction of sp³-hybridized carbons (Fsp3) is 0.500. The molecule has 6 heteroatoms. The SMILES string of the molecule is COc1cc(Br)cc(C(CN)C(=O)O)c1OC1CCC1. The van der Waals surface area contributed by atoms with Gasteiger partial charge >= 0.3 is 5.97 Å². The van der Waals surface area contributed by atoms with Crippen molar-refractivity contribution in [3.63, 3.8) is 0 Å². The summed E-state index contributed by atoms with van der Waals surface area (Å²) in [6.07, 6.45) is 3.24. The molecule has 1 saturated carbocycles. The van der Waals surface area contributed by atoms with Crippen LogP contribution in [0.1, 0.15) is 30.7 Å². The Balaban J connectivity index is 2.45. The second-order valence-electron chi connectivity index (χ2n) is 4.82. The van der Waals surface area contributed by atoms with Crippen molar-refractivity contribution in [1.82, 2.24) is 0 Å². The number of hydrogen-bond acceptors (Lipinski definition) is 4. The first kappa shape index (κ1) is 15.1. The first-order valence-electron chi connectivity index (χ1n) is 6.53. The van der Waals surface area contributed by atoms with Crippen molar-refractivity contribution < 1.29 is 19.4 Å². The summed E-state index contributed by atoms with van der Waals surface area (Å²) in [4.78, 5) is 11.4. The summed E-state index contributed by atoms with van der Waals surface area (Å²) >= 11 is 3.36. The van der Waals surface area contributed by atoms with E-state index in [9.17, 15) is 9.90 Å². The van der Waals surface area contributed by atoms with Gasteiger partial charge in [-0.3, -0.25) is 4.79 Å². The lowest BCUT2D eigenvalue weighted by Crippen LogP contribution is -2.27. The van der Waals surface area contributed by atoms with Gasteiger partial charge in [0, 0.05) is 16.6 Å². The zero-order valence-electron chi connectivity index (χ0n) is 11.3. The van der Waals surface area contributed by atoms with Crippen molar-refractivity contribution in [3.8, 4) is 11.5 Å². The van der Waals surface area contributed by atoms with Crippen LogP contribution < -0.4 is 15.2 Å². The average Bonchev–Trinajstić information content (AvgIpc) is 2.35. The van der Waals surface area contributed by atoms with E-state index < -0.39 is 11.9 Å². The van der Waals surface area contributed by atoms with E-state index in [2.05, 4.69) is 15.9 Å². The summed E-state index contributed by atoms with van der Waals surface area (Å²) < 4.78 is 12.0. The van der Waals surface area contributed by atoms with Gasteiger partial charge in [0.2, 0.25) is 0 Å². The molecule has 1 aliphatic rings. The number of rotatable bonds is 6. The number of aliphatic carboxylic acids is 1. The average molecular weight is 344 g/mol. The Bertz CT molecular complexity index is 502. The van der Waals surface area contributed by atoms with Crippen molar-refractivity contribution >= 4 is 21.9 Å². The molecule has 0 heterocycles. The second-order valence-corrected chi connectivity index (χ2v) is 5.74. The van der Waals surface area contributed by atoms with Gasteiger partial charge in [-0.1, -0.05) is 15.9 Å². The second kappa shape index (κ2) is 6.45. The van der Waals surface area contributed by atoms with Gasteiger partial charge < -0.3 is 20.3 Å². The Hall–Kier alpha value is -1.27. The van der Waals surface area contributed by atoms with Gasteiger partial charge in [-0.25, -0.2) is 0 Å². The van der Waals surface area contributed by atoms with Crippen LogP contribution in [0.15, 0.2) is 16.6 Å². The minimum atomic E-state index is -0.967. The van der Waals surface area contributed by atoms with Crippen molar-refractivity contribution in [1.29, 1.82) is 0 Å². The molecule has 0 aliphatic heterocycles. The summed E-state index contributed by atoms with van der Waals surface area (Å²) in [6, 6.07) is 3.51. The minimum Gasteiger partial charge on any atom is -0.493 e. The molecule has 1 fully saturated rings. The van der Waals surface area contributed by atoms with E-state index in [1.165, 1.54) is 7.11 Å². The topological polar surface area (TPSA) is 81.8 Å². The molecule has 0 radical (unpaired) electrons. The standard InChI is InChI=1S/C14H18BrNO4/c1-19-12-6-8(15)5-10(11(7-16)14(17)18)13(12)20-9-3-2-4-9/h5-6,9,11H,2-4,7,16H2,1H3,(H,17,18). The molecule has 20 heavy (non-hydrogen) atoms. The van der Waals surface area contributed by atoms with Gasteiger partial charge in [0.05, 0.1) is 19.1 Å². The number of carboxylic acids is 1. The molecular formula is C14H18BrNO4. The number of hydrogen-bond donors (Lipinski definition) is 2. The van der Waals surface area contributed by atoms with Crippen LogP contribution in [0, 0.1) is 0 Å². The highest BCUT2D eigenvalue weighted by atomic mass is 79.9. The van der Waals surface area contributed by atoms with Crippen LogP contribution in [0.4, 0.5) is 0 Å². The van der Waals surface area contributed by atoms with Crippen molar-refractivity contribution in [2.45, 2.75) is 31.3 Å². The maximum Gasteiger partial charge on any atom is 0.312 e. The minimum absolute atomic E-state index is 0.00989. The molecule has 0 spiro atoms. The van der Waals surface area contributed by atoms with E-state index in [-0.39, 0.29) is 12.6 Å². The van der Waals surface area contributed by atoms with Crippen LogP contribution in [-0.4, -0.2) is 30.8 Å². The third-order valence-corrected chi connectivity index (χ3v) is 3.97. The molecule has 5 nitrogen and oxygen atoms in total. The Morgan fingerprint density at radius 3 is 2.70 bits per heavy atom. The zero-order chi connectivity index (χ0) is 14.7. The lowest BCUT2D eigenvalue weighted by atomic mass is 9.94. The number of carboxylic acid groups (broad SMARTS) is 1. The molecule has 1 aromatic carbocycles. The predicted octanol–water partition coefficient (Wildman–Crippen LogP) is 2.52. The molecule has 1 aliphatic carbocycles. The van der Waals surface area contributed by atoms with E-state index >= 15 is 0 Å². The number of benzene rings is 1. The molecule has 0 bridgehead atoms. The van der Waals surface area contributed by atoms with E-state index in [0.717, 1.165) is 23.7 Å². The van der Waals surface area contributed by atoms with Crippen molar-refractivity contribution in [2.75, 3.05) is 13.7 Å². The highest BCUT2D eigenvalue weighted by molar-refractivity contribution is 9.10. The Labute approximate surface area is 126 Å². The molecule has 0 aromatic heterocycles. The van der Waals surface area contributed by atoms with Crippen LogP contribution in [0.25, 0.3) is 0 Å². The Kier molecular flexibility index (Phi) is 4.88. The summed E-state index contributed by atoms with van der Waals surface area (Å²) in [6.45, 7) is 0.00989. The smallest absolute Gasteiger partial charge is 0.312 e. The highest BCUT2D eigenvalue weighted by Crippen LogP contribution is 2.41. The Morgan fingerprint density at radius 1 is 1.55 bits per heavy atom. The molecule has 1 aromatic rings. The van der Waals surface area contributed by atoms with Crippen LogP contribution in [-0.2, 0) is 4.79 Å². The number of ether oxygens (including phenoxy) is 2. The third kappa shape index (κ3) is 3.07. The molecule has 1 atom stereocenters. The summed E-state index contributed by atoms with van der Waals surface area (Å²) in [7, 11) is 1.54. The quantitative estimate of drug-likeness (QED) is 0.829. The van der Waals surface area contributed by atoms with Crippen LogP contribution in [0.2, 0.25) is 0 Å². The van der Waals surface area contributed by atoms with Crippen LogP contribution in [0.3, 0.4) is 0 Å². The molecule has 0 amide bonds. The van der Waals surface area contributed by atoms with Crippen molar-refractivity contribution in [3.05, 3.63) is 22.2 Å². The first-order valence-corrected chi connectivity index (χ1v) is 7.33. The largest absolute Gasteiger partial charge is 0.493 e. The summed E-state index contributed by atoms with van der Waals surface area (Å²) in [5, 5.41) is 9.32. The fourth-order valence-electron chi connectivity index (χ4n) is 2.14. The molecular weight excluding hydrogens is 326 g/mol. The third-order valence-electron chi connectivity index (χ3n) is 3.51. The van der Waals surface area contributed by atoms with Gasteiger partial charge in [-0.2, -0.15) is 0 Å². The summed E-state index contributed by atoms with van der Waals surface area (Å²) in [5.74, 6) is -0.748. The highest BCUT2D eigenvalue weighted by Gasteiger charge is 2.28. The zero-order valence-corrected chi connectivity index (χ0v) is 12.9. The maximum absolute atomic E-state index is 11.4. The number of halogens is 1. The molecule has 3 N–H and O–H groups in total. The number of carbonyl (C=O) groups is 1.